The summed E-state index contributed by atoms with van der Waals surface area (Å²) in [5.74, 6) is 0.891. The fraction of sp³-hybridized carbons (Fsp3) is 0.429. The predicted molar refractivity (Wildman–Crippen MR) is 55.8 cm³/mol. The molecule has 1 aromatic heterocycles. The maximum atomic E-state index is 4.24. The minimum absolute atomic E-state index is 0.693. The second-order valence-corrected chi connectivity index (χ2v) is 4.11. The molecule has 0 aliphatic rings. The van der Waals surface area contributed by atoms with Crippen LogP contribution < -0.4 is 5.32 Å². The first-order valence-corrected chi connectivity index (χ1v) is 5.18. The molecule has 0 bridgehead atoms. The van der Waals surface area contributed by atoms with Gasteiger partial charge >= 0.3 is 0 Å². The van der Waals surface area contributed by atoms with Crippen LogP contribution in [-0.2, 0) is 6.42 Å². The van der Waals surface area contributed by atoms with Crippen LogP contribution in [-0.4, -0.2) is 15.9 Å². The molecule has 0 aromatic carbocycles. The average Bonchev–Trinajstić information content (AvgIpc) is 2.48. The Kier molecular flexibility index (Phi) is 3.68. The summed E-state index contributed by atoms with van der Waals surface area (Å²) in [5.41, 5.74) is 0. The Morgan fingerprint density at radius 2 is 2.50 bits per heavy atom. The van der Waals surface area contributed by atoms with Crippen molar-refractivity contribution in [3.63, 3.8) is 0 Å². The quantitative estimate of drug-likeness (QED) is 0.889. The fourth-order valence-electron chi connectivity index (χ4n) is 0.641. The Balaban J connectivity index is 2.47. The molecule has 0 atom stereocenters. The summed E-state index contributed by atoms with van der Waals surface area (Å²) in [4.78, 5) is 4.24. The molecule has 0 radical (unpaired) electrons. The first kappa shape index (κ1) is 9.67. The van der Waals surface area contributed by atoms with Crippen LogP contribution in [0.25, 0.3) is 0 Å². The van der Waals surface area contributed by atoms with E-state index in [0.717, 1.165) is 21.9 Å². The lowest BCUT2D eigenvalue weighted by molar-refractivity contribution is 0.998. The van der Waals surface area contributed by atoms with Gasteiger partial charge in [-0.25, -0.2) is 4.98 Å². The van der Waals surface area contributed by atoms with Crippen molar-refractivity contribution in [2.24, 2.45) is 0 Å². The van der Waals surface area contributed by atoms with Crippen molar-refractivity contribution in [2.75, 3.05) is 11.9 Å². The summed E-state index contributed by atoms with van der Waals surface area (Å²) >= 11 is 4.64. The van der Waals surface area contributed by atoms with Gasteiger partial charge in [0, 0.05) is 29.0 Å². The Hall–Kier alpha value is -0.420. The van der Waals surface area contributed by atoms with E-state index in [-0.39, 0.29) is 0 Å². The van der Waals surface area contributed by atoms with Crippen LogP contribution in [0.15, 0.2) is 11.1 Å². The molecule has 1 aromatic rings. The number of aryl methyl sites for hydroxylation is 1. The van der Waals surface area contributed by atoms with Gasteiger partial charge in [0.1, 0.15) is 5.82 Å². The molecule has 0 aliphatic carbocycles. The lowest BCUT2D eigenvalue weighted by Gasteiger charge is -1.97. The van der Waals surface area contributed by atoms with Gasteiger partial charge in [0.05, 0.1) is 0 Å². The van der Waals surface area contributed by atoms with Crippen molar-refractivity contribution >= 4 is 32.6 Å². The van der Waals surface area contributed by atoms with Gasteiger partial charge in [0.2, 0.25) is 5.13 Å². The molecule has 0 aliphatic heterocycles. The van der Waals surface area contributed by atoms with E-state index in [4.69, 9.17) is 0 Å². The zero-order valence-electron chi connectivity index (χ0n) is 6.80. The number of nitrogens with one attached hydrogen (secondary N) is 1. The average molecular weight is 248 g/mol. The van der Waals surface area contributed by atoms with Gasteiger partial charge in [-0.3, -0.25) is 0 Å². The second-order valence-electron chi connectivity index (χ2n) is 2.24. The number of rotatable bonds is 4. The van der Waals surface area contributed by atoms with Gasteiger partial charge in [-0.1, -0.05) is 29.4 Å². The third-order valence-electron chi connectivity index (χ3n) is 1.22. The summed E-state index contributed by atoms with van der Waals surface area (Å²) in [6.07, 6.45) is 0.882. The normalized spacial score (nSPS) is 9.83. The molecule has 0 spiro atoms. The van der Waals surface area contributed by atoms with E-state index in [1.165, 1.54) is 11.5 Å². The van der Waals surface area contributed by atoms with E-state index in [0.29, 0.717) is 6.54 Å². The monoisotopic (exact) mass is 247 g/mol. The van der Waals surface area contributed by atoms with Crippen molar-refractivity contribution in [3.05, 3.63) is 16.9 Å². The number of nitrogens with zero attached hydrogens (tertiary/aromatic N) is 2. The molecule has 1 heterocycles. The highest BCUT2D eigenvalue weighted by atomic mass is 79.9. The first-order valence-electron chi connectivity index (χ1n) is 3.62. The standard InChI is InChI=1S/C7H10BrN3S/c1-3-6-10-7(12-11-6)9-4-5(2)8/h2-4H2,1H3,(H,9,10,11). The molecule has 0 unspecified atom stereocenters. The van der Waals surface area contributed by atoms with Gasteiger partial charge in [0.25, 0.3) is 0 Å². The fourth-order valence-corrected chi connectivity index (χ4v) is 1.43. The predicted octanol–water partition coefficient (Wildman–Crippen LogP) is 2.42. The molecule has 66 valence electrons. The van der Waals surface area contributed by atoms with E-state index in [1.807, 2.05) is 6.92 Å². The molecular weight excluding hydrogens is 238 g/mol. The molecule has 0 saturated heterocycles. The summed E-state index contributed by atoms with van der Waals surface area (Å²) in [6.45, 7) is 6.44. The number of hydrogen-bond donors (Lipinski definition) is 1. The van der Waals surface area contributed by atoms with Crippen molar-refractivity contribution in [1.82, 2.24) is 9.36 Å². The highest BCUT2D eigenvalue weighted by molar-refractivity contribution is 9.11. The summed E-state index contributed by atoms with van der Waals surface area (Å²) in [6, 6.07) is 0. The zero-order chi connectivity index (χ0) is 8.97. The SMILES string of the molecule is C=C(Br)CNc1nc(CC)ns1. The Morgan fingerprint density at radius 1 is 1.75 bits per heavy atom. The van der Waals surface area contributed by atoms with E-state index in [9.17, 15) is 0 Å². The second kappa shape index (κ2) is 4.57. The lowest BCUT2D eigenvalue weighted by atomic mass is 10.5. The zero-order valence-corrected chi connectivity index (χ0v) is 9.20. The van der Waals surface area contributed by atoms with Gasteiger partial charge in [-0.15, -0.1) is 0 Å². The van der Waals surface area contributed by atoms with Gasteiger partial charge in [-0.05, 0) is 0 Å². The Morgan fingerprint density at radius 3 is 3.00 bits per heavy atom. The molecular formula is C7H10BrN3S. The van der Waals surface area contributed by atoms with Crippen LogP contribution in [0.3, 0.4) is 0 Å². The van der Waals surface area contributed by atoms with Crippen LogP contribution in [0.5, 0.6) is 0 Å². The maximum Gasteiger partial charge on any atom is 0.202 e. The molecule has 3 nitrogen and oxygen atoms in total. The van der Waals surface area contributed by atoms with Gasteiger partial charge in [-0.2, -0.15) is 4.37 Å². The summed E-state index contributed by atoms with van der Waals surface area (Å²) in [5, 5.41) is 3.95. The van der Waals surface area contributed by atoms with E-state index < -0.39 is 0 Å². The smallest absolute Gasteiger partial charge is 0.202 e. The summed E-state index contributed by atoms with van der Waals surface area (Å²) < 4.78 is 5.05. The van der Waals surface area contributed by atoms with Crippen molar-refractivity contribution in [2.45, 2.75) is 13.3 Å². The van der Waals surface area contributed by atoms with Crippen LogP contribution in [0.2, 0.25) is 0 Å². The van der Waals surface area contributed by atoms with E-state index >= 15 is 0 Å². The number of hydrogen-bond acceptors (Lipinski definition) is 4. The molecule has 0 fully saturated rings. The minimum Gasteiger partial charge on any atom is -0.356 e. The highest BCUT2D eigenvalue weighted by Gasteiger charge is 2.00. The van der Waals surface area contributed by atoms with Crippen molar-refractivity contribution < 1.29 is 0 Å². The first-order chi connectivity index (χ1) is 5.72. The molecule has 0 amide bonds. The molecule has 5 heteroatoms. The van der Waals surface area contributed by atoms with Crippen LogP contribution in [0.1, 0.15) is 12.7 Å². The molecule has 12 heavy (non-hydrogen) atoms. The van der Waals surface area contributed by atoms with E-state index in [2.05, 4.69) is 37.2 Å². The molecule has 0 saturated carbocycles. The topological polar surface area (TPSA) is 37.8 Å². The van der Waals surface area contributed by atoms with Crippen LogP contribution >= 0.6 is 27.5 Å². The third kappa shape index (κ3) is 2.91. The van der Waals surface area contributed by atoms with Crippen LogP contribution in [0, 0.1) is 0 Å². The Labute approximate surface area is 84.2 Å². The molecule has 1 N–H and O–H groups in total. The third-order valence-corrected chi connectivity index (χ3v) is 2.21. The van der Waals surface area contributed by atoms with Crippen molar-refractivity contribution in [1.29, 1.82) is 0 Å². The van der Waals surface area contributed by atoms with Gasteiger partial charge in [0.15, 0.2) is 0 Å². The Bertz CT molecular complexity index is 271. The highest BCUT2D eigenvalue weighted by Crippen LogP contribution is 2.12. The number of halogens is 1. The number of aromatic nitrogens is 2. The lowest BCUT2D eigenvalue weighted by Crippen LogP contribution is -1.99. The van der Waals surface area contributed by atoms with Crippen molar-refractivity contribution in [3.8, 4) is 0 Å². The molecule has 1 rings (SSSR count). The summed E-state index contributed by atoms with van der Waals surface area (Å²) in [7, 11) is 0. The number of anilines is 1. The maximum absolute atomic E-state index is 4.24. The minimum atomic E-state index is 0.693. The van der Waals surface area contributed by atoms with E-state index in [1.54, 1.807) is 0 Å². The van der Waals surface area contributed by atoms with Crippen LogP contribution in [0.4, 0.5) is 5.13 Å². The van der Waals surface area contributed by atoms with Gasteiger partial charge < -0.3 is 5.32 Å². The largest absolute Gasteiger partial charge is 0.356 e.